The van der Waals surface area contributed by atoms with E-state index in [4.69, 9.17) is 5.11 Å². The van der Waals surface area contributed by atoms with E-state index in [1.54, 1.807) is 4.90 Å². The third kappa shape index (κ3) is 0.891. The second-order valence-electron chi connectivity index (χ2n) is 3.59. The Hall–Kier alpha value is -0.220. The summed E-state index contributed by atoms with van der Waals surface area (Å²) in [7, 11) is 0. The van der Waals surface area contributed by atoms with Crippen molar-refractivity contribution in [1.82, 2.24) is 4.90 Å². The Bertz CT molecular complexity index is 181. The lowest BCUT2D eigenvalue weighted by Gasteiger charge is -2.46. The third-order valence-corrected chi connectivity index (χ3v) is 2.82. The van der Waals surface area contributed by atoms with Gasteiger partial charge in [-0.05, 0) is 6.42 Å². The quantitative estimate of drug-likeness (QED) is 0.607. The lowest BCUT2D eigenvalue weighted by Crippen LogP contribution is -2.57. The molecule has 0 aromatic rings. The topological polar surface area (TPSA) is 23.5 Å². The van der Waals surface area contributed by atoms with Gasteiger partial charge < -0.3 is 5.11 Å². The van der Waals surface area contributed by atoms with Crippen LogP contribution in [0.5, 0.6) is 0 Å². The van der Waals surface area contributed by atoms with Crippen LogP contribution in [0.2, 0.25) is 0 Å². The SMILES string of the molecule is OC[C@]12CCN1CC(F)(F)C2. The first kappa shape index (κ1) is 7.43. The van der Waals surface area contributed by atoms with Crippen LogP contribution >= 0.6 is 0 Å². The standard InChI is InChI=1S/C7H11F2NO/c8-7(9)3-6(5-11)1-2-10(6)4-7/h11H,1-5H2/t6-/m1/s1. The van der Waals surface area contributed by atoms with E-state index in [0.29, 0.717) is 0 Å². The summed E-state index contributed by atoms with van der Waals surface area (Å²) >= 11 is 0. The Morgan fingerprint density at radius 1 is 1.45 bits per heavy atom. The first-order chi connectivity index (χ1) is 5.08. The van der Waals surface area contributed by atoms with Gasteiger partial charge in [-0.15, -0.1) is 0 Å². The Labute approximate surface area is 63.8 Å². The zero-order valence-electron chi connectivity index (χ0n) is 6.19. The van der Waals surface area contributed by atoms with Crippen LogP contribution in [-0.2, 0) is 0 Å². The van der Waals surface area contributed by atoms with Crippen molar-refractivity contribution in [3.63, 3.8) is 0 Å². The maximum atomic E-state index is 12.8. The molecule has 0 saturated carbocycles. The second kappa shape index (κ2) is 1.93. The van der Waals surface area contributed by atoms with E-state index in [9.17, 15) is 8.78 Å². The van der Waals surface area contributed by atoms with Crippen LogP contribution in [0.25, 0.3) is 0 Å². The number of fused-ring (bicyclic) bond motifs is 1. The summed E-state index contributed by atoms with van der Waals surface area (Å²) in [5.74, 6) is -2.57. The predicted octanol–water partition coefficient (Wildman–Crippen LogP) is 0.462. The third-order valence-electron chi connectivity index (χ3n) is 2.82. The monoisotopic (exact) mass is 163 g/mol. The normalized spacial score (nSPS) is 41.7. The highest BCUT2D eigenvalue weighted by molar-refractivity contribution is 5.09. The molecule has 0 aromatic heterocycles. The summed E-state index contributed by atoms with van der Waals surface area (Å²) in [6, 6.07) is 0. The van der Waals surface area contributed by atoms with Crippen LogP contribution in [-0.4, -0.2) is 41.2 Å². The van der Waals surface area contributed by atoms with Crippen molar-refractivity contribution in [3.8, 4) is 0 Å². The van der Waals surface area contributed by atoms with Crippen LogP contribution in [0, 0.1) is 0 Å². The van der Waals surface area contributed by atoms with Crippen LogP contribution in [0.3, 0.4) is 0 Å². The van der Waals surface area contributed by atoms with Gasteiger partial charge >= 0.3 is 0 Å². The van der Waals surface area contributed by atoms with E-state index in [-0.39, 0.29) is 19.6 Å². The predicted molar refractivity (Wildman–Crippen MR) is 35.6 cm³/mol. The molecule has 1 atom stereocenters. The van der Waals surface area contributed by atoms with E-state index in [1.165, 1.54) is 0 Å². The lowest BCUT2D eigenvalue weighted by atomic mass is 9.85. The van der Waals surface area contributed by atoms with Crippen molar-refractivity contribution in [1.29, 1.82) is 0 Å². The number of hydrogen-bond acceptors (Lipinski definition) is 2. The van der Waals surface area contributed by atoms with Gasteiger partial charge in [-0.1, -0.05) is 0 Å². The number of aliphatic hydroxyl groups is 1. The number of hydrogen-bond donors (Lipinski definition) is 1. The summed E-state index contributed by atoms with van der Waals surface area (Å²) < 4.78 is 25.5. The minimum absolute atomic E-state index is 0.122. The average molecular weight is 163 g/mol. The van der Waals surface area contributed by atoms with Crippen LogP contribution in [0.1, 0.15) is 12.8 Å². The Balaban J connectivity index is 2.15. The largest absolute Gasteiger partial charge is 0.394 e. The van der Waals surface area contributed by atoms with E-state index >= 15 is 0 Å². The fourth-order valence-corrected chi connectivity index (χ4v) is 2.08. The van der Waals surface area contributed by atoms with Gasteiger partial charge in [-0.2, -0.15) is 0 Å². The van der Waals surface area contributed by atoms with Gasteiger partial charge in [-0.3, -0.25) is 4.90 Å². The Morgan fingerprint density at radius 3 is 2.45 bits per heavy atom. The molecule has 0 bridgehead atoms. The smallest absolute Gasteiger partial charge is 0.262 e. The lowest BCUT2D eigenvalue weighted by molar-refractivity contribution is -0.0191. The van der Waals surface area contributed by atoms with Crippen molar-refractivity contribution in [3.05, 3.63) is 0 Å². The van der Waals surface area contributed by atoms with E-state index in [0.717, 1.165) is 13.0 Å². The molecule has 0 aromatic carbocycles. The molecule has 0 amide bonds. The fraction of sp³-hybridized carbons (Fsp3) is 1.00. The number of rotatable bonds is 1. The van der Waals surface area contributed by atoms with Gasteiger partial charge in [0.05, 0.1) is 18.7 Å². The van der Waals surface area contributed by atoms with E-state index in [1.807, 2.05) is 0 Å². The van der Waals surface area contributed by atoms with Crippen molar-refractivity contribution >= 4 is 0 Å². The van der Waals surface area contributed by atoms with Gasteiger partial charge in [0.2, 0.25) is 0 Å². The molecule has 0 aliphatic carbocycles. The minimum atomic E-state index is -2.57. The molecule has 2 aliphatic rings. The first-order valence-electron chi connectivity index (χ1n) is 3.82. The number of nitrogens with zero attached hydrogens (tertiary/aromatic N) is 1. The summed E-state index contributed by atoms with van der Waals surface area (Å²) in [5, 5.41) is 8.90. The summed E-state index contributed by atoms with van der Waals surface area (Å²) in [6.07, 6.45) is 0.565. The number of aliphatic hydroxyl groups excluding tert-OH is 1. The van der Waals surface area contributed by atoms with Gasteiger partial charge in [-0.25, -0.2) is 8.78 Å². The highest BCUT2D eigenvalue weighted by Gasteiger charge is 2.58. The molecule has 64 valence electrons. The van der Waals surface area contributed by atoms with Crippen molar-refractivity contribution in [2.24, 2.45) is 0 Å². The summed E-state index contributed by atoms with van der Waals surface area (Å²) in [5.41, 5.74) is -0.552. The molecule has 4 heteroatoms. The molecule has 2 heterocycles. The van der Waals surface area contributed by atoms with Gasteiger partial charge in [0.15, 0.2) is 0 Å². The van der Waals surface area contributed by atoms with Crippen molar-refractivity contribution in [2.45, 2.75) is 24.3 Å². The molecule has 0 radical (unpaired) electrons. The highest BCUT2D eigenvalue weighted by Crippen LogP contribution is 2.46. The van der Waals surface area contributed by atoms with E-state index in [2.05, 4.69) is 0 Å². The Kier molecular flexibility index (Phi) is 1.30. The van der Waals surface area contributed by atoms with Gasteiger partial charge in [0, 0.05) is 13.0 Å². The van der Waals surface area contributed by atoms with Crippen molar-refractivity contribution < 1.29 is 13.9 Å². The summed E-state index contributed by atoms with van der Waals surface area (Å²) in [4.78, 5) is 1.69. The maximum absolute atomic E-state index is 12.8. The maximum Gasteiger partial charge on any atom is 0.262 e. The molecule has 0 spiro atoms. The first-order valence-corrected chi connectivity index (χ1v) is 3.82. The molecule has 11 heavy (non-hydrogen) atoms. The number of alkyl halides is 2. The molecule has 2 rings (SSSR count). The van der Waals surface area contributed by atoms with E-state index < -0.39 is 11.5 Å². The molecular weight excluding hydrogens is 152 g/mol. The number of halogens is 2. The molecule has 2 saturated heterocycles. The Morgan fingerprint density at radius 2 is 2.18 bits per heavy atom. The van der Waals surface area contributed by atoms with Crippen LogP contribution in [0.15, 0.2) is 0 Å². The fourth-order valence-electron chi connectivity index (χ4n) is 2.08. The van der Waals surface area contributed by atoms with Gasteiger partial charge in [0.25, 0.3) is 5.92 Å². The van der Waals surface area contributed by atoms with Crippen LogP contribution in [0.4, 0.5) is 8.78 Å². The molecular formula is C7H11F2NO. The van der Waals surface area contributed by atoms with Crippen molar-refractivity contribution in [2.75, 3.05) is 19.7 Å². The molecule has 2 nitrogen and oxygen atoms in total. The van der Waals surface area contributed by atoms with Crippen LogP contribution < -0.4 is 0 Å². The van der Waals surface area contributed by atoms with Gasteiger partial charge in [0.1, 0.15) is 0 Å². The summed E-state index contributed by atoms with van der Waals surface area (Å²) in [6.45, 7) is 0.437. The molecule has 1 N–H and O–H groups in total. The molecule has 2 fully saturated rings. The average Bonchev–Trinajstić information content (AvgIpc) is 2.09. The molecule has 2 aliphatic heterocycles. The molecule has 0 unspecified atom stereocenters. The second-order valence-corrected chi connectivity index (χ2v) is 3.59. The minimum Gasteiger partial charge on any atom is -0.394 e. The highest BCUT2D eigenvalue weighted by atomic mass is 19.3. The zero-order valence-corrected chi connectivity index (χ0v) is 6.19. The zero-order chi connectivity index (χ0) is 8.11.